The summed E-state index contributed by atoms with van der Waals surface area (Å²) in [6.45, 7) is 3.49. The second-order valence-corrected chi connectivity index (χ2v) is 13.3. The lowest BCUT2D eigenvalue weighted by Crippen LogP contribution is -2.68. The highest BCUT2D eigenvalue weighted by Gasteiger charge is 2.46. The summed E-state index contributed by atoms with van der Waals surface area (Å²) in [5.41, 5.74) is 7.76. The van der Waals surface area contributed by atoms with E-state index in [0.717, 1.165) is 44.5 Å². The van der Waals surface area contributed by atoms with Crippen molar-refractivity contribution in [1.82, 2.24) is 19.8 Å². The van der Waals surface area contributed by atoms with Gasteiger partial charge in [-0.25, -0.2) is 8.78 Å². The van der Waals surface area contributed by atoms with E-state index in [4.69, 9.17) is 20.2 Å². The number of fused-ring (bicyclic) bond motifs is 6. The fourth-order valence-electron chi connectivity index (χ4n) is 7.57. The average molecular weight is 604 g/mol. The number of thiophene rings is 1. The van der Waals surface area contributed by atoms with Gasteiger partial charge in [0.15, 0.2) is 5.82 Å². The number of halogens is 2. The minimum absolute atomic E-state index is 0.0146. The summed E-state index contributed by atoms with van der Waals surface area (Å²) >= 11 is 1.19. The largest absolute Gasteiger partial charge is 0.462 e. The van der Waals surface area contributed by atoms with E-state index in [1.165, 1.54) is 17.4 Å². The van der Waals surface area contributed by atoms with E-state index in [9.17, 15) is 5.26 Å². The van der Waals surface area contributed by atoms with Crippen LogP contribution in [0.2, 0.25) is 0 Å². The van der Waals surface area contributed by atoms with Gasteiger partial charge in [0, 0.05) is 52.4 Å². The summed E-state index contributed by atoms with van der Waals surface area (Å²) in [7, 11) is 4.18. The molecule has 5 aliphatic rings. The van der Waals surface area contributed by atoms with E-state index in [1.54, 1.807) is 6.07 Å². The number of hydrogen-bond acceptors (Lipinski definition) is 10. The molecule has 9 rings (SSSR count). The minimum Gasteiger partial charge on any atom is -0.462 e. The number of aromatic nitrogens is 2. The summed E-state index contributed by atoms with van der Waals surface area (Å²) < 4.78 is 45.7. The first-order chi connectivity index (χ1) is 20.8. The van der Waals surface area contributed by atoms with Gasteiger partial charge in [-0.15, -0.1) is 11.3 Å². The van der Waals surface area contributed by atoms with Gasteiger partial charge in [-0.2, -0.15) is 15.2 Å². The first-order valence-corrected chi connectivity index (χ1v) is 15.5. The molecular weight excluding hydrogens is 572 g/mol. The van der Waals surface area contributed by atoms with Crippen molar-refractivity contribution in [2.75, 3.05) is 51.0 Å². The molecule has 2 unspecified atom stereocenters. The summed E-state index contributed by atoms with van der Waals surface area (Å²) in [6, 6.07) is 5.82. The van der Waals surface area contributed by atoms with Crippen molar-refractivity contribution in [3.8, 4) is 23.2 Å². The van der Waals surface area contributed by atoms with E-state index in [2.05, 4.69) is 39.8 Å². The number of ether oxygens (including phenoxy) is 2. The molecule has 3 atom stereocenters. The Hall–Kier alpha value is -3.63. The second kappa shape index (κ2) is 9.95. The Morgan fingerprint density at radius 3 is 2.65 bits per heavy atom. The molecular formula is C31H31F2N7O2S. The van der Waals surface area contributed by atoms with Crippen molar-refractivity contribution < 1.29 is 18.3 Å². The average Bonchev–Trinajstić information content (AvgIpc) is 3.70. The number of nitriles is 1. The van der Waals surface area contributed by atoms with Gasteiger partial charge in [-0.05, 0) is 63.2 Å². The van der Waals surface area contributed by atoms with Gasteiger partial charge in [0.25, 0.3) is 0 Å². The third-order valence-electron chi connectivity index (χ3n) is 9.65. The van der Waals surface area contributed by atoms with Crippen LogP contribution in [0.15, 0.2) is 12.1 Å². The second-order valence-electron chi connectivity index (χ2n) is 12.2. The Balaban J connectivity index is 1.37. The van der Waals surface area contributed by atoms with Crippen LogP contribution >= 0.6 is 11.3 Å². The summed E-state index contributed by atoms with van der Waals surface area (Å²) in [4.78, 5) is 16.4. The lowest BCUT2D eigenvalue weighted by atomic mass is 9.86. The minimum atomic E-state index is -0.673. The molecule has 12 heteroatoms. The van der Waals surface area contributed by atoms with Crippen LogP contribution < -0.4 is 15.4 Å². The standard InChI is InChI=1S/C31H31F2N7O2S/c1-38-10-16-8-17(11-38)40(16)30-25-20-14-41-13-19(20)24(26-21(32)5-6-22-23(26)18(9-34)29(35)43-22)27(33)28(25)36-31(37-30)42-12-15-4-3-7-39(15)2/h5-6,15-17H,3-4,7-8,10-14,35H2,1-2H3/t15-,16?,17?/m0/s1. The lowest BCUT2D eigenvalue weighted by Gasteiger charge is -2.56. The highest BCUT2D eigenvalue weighted by Crippen LogP contribution is 2.49. The monoisotopic (exact) mass is 603 g/mol. The van der Waals surface area contributed by atoms with Crippen LogP contribution in [0.25, 0.3) is 32.1 Å². The van der Waals surface area contributed by atoms with Crippen LogP contribution in [0.1, 0.15) is 36.0 Å². The molecule has 9 nitrogen and oxygen atoms in total. The van der Waals surface area contributed by atoms with Crippen LogP contribution in [-0.2, 0) is 18.0 Å². The van der Waals surface area contributed by atoms with Gasteiger partial charge >= 0.3 is 6.01 Å². The van der Waals surface area contributed by atoms with Gasteiger partial charge < -0.3 is 29.9 Å². The van der Waals surface area contributed by atoms with Crippen LogP contribution in [0.3, 0.4) is 0 Å². The molecule has 2 aromatic carbocycles. The SMILES string of the molecule is CN1CC2CC(C1)N2c1nc(OC[C@@H]2CCCN2C)nc2c(F)c(-c3c(F)ccc4sc(N)c(C#N)c34)c3c(c12)COC3. The number of anilines is 2. The third-order valence-corrected chi connectivity index (χ3v) is 10.6. The lowest BCUT2D eigenvalue weighted by molar-refractivity contribution is 0.134. The van der Waals surface area contributed by atoms with Gasteiger partial charge in [-0.1, -0.05) is 0 Å². The Morgan fingerprint density at radius 2 is 1.91 bits per heavy atom. The summed E-state index contributed by atoms with van der Waals surface area (Å²) in [5, 5.41) is 11.1. The van der Waals surface area contributed by atoms with Gasteiger partial charge in [-0.3, -0.25) is 0 Å². The molecule has 0 spiro atoms. The molecule has 0 saturated carbocycles. The highest BCUT2D eigenvalue weighted by atomic mass is 32.1. The van der Waals surface area contributed by atoms with Crippen molar-refractivity contribution >= 4 is 43.1 Å². The maximum absolute atomic E-state index is 17.1. The number of hydrogen-bond donors (Lipinski definition) is 1. The predicted octanol–water partition coefficient (Wildman–Crippen LogP) is 4.64. The highest BCUT2D eigenvalue weighted by molar-refractivity contribution is 7.23. The van der Waals surface area contributed by atoms with Gasteiger partial charge in [0.2, 0.25) is 0 Å². The van der Waals surface area contributed by atoms with Crippen molar-refractivity contribution in [1.29, 1.82) is 5.26 Å². The van der Waals surface area contributed by atoms with E-state index in [0.29, 0.717) is 33.5 Å². The normalized spacial score (nSPS) is 23.6. The topological polar surface area (TPSA) is 104 Å². The molecule has 0 radical (unpaired) electrons. The van der Waals surface area contributed by atoms with E-state index in [1.807, 2.05) is 0 Å². The number of piperazine rings is 1. The van der Waals surface area contributed by atoms with E-state index >= 15 is 8.78 Å². The molecule has 222 valence electrons. The number of rotatable bonds is 5. The van der Waals surface area contributed by atoms with E-state index < -0.39 is 11.6 Å². The first kappa shape index (κ1) is 27.0. The molecule has 4 aromatic rings. The molecule has 2 N–H and O–H groups in total. The smallest absolute Gasteiger partial charge is 0.319 e. The Kier molecular flexibility index (Phi) is 6.24. The Bertz CT molecular complexity index is 1840. The summed E-state index contributed by atoms with van der Waals surface area (Å²) in [6.07, 6.45) is 3.15. The van der Waals surface area contributed by atoms with Crippen molar-refractivity contribution in [3.05, 3.63) is 40.5 Å². The number of piperidine rings is 1. The molecule has 0 aliphatic carbocycles. The molecule has 7 heterocycles. The fourth-order valence-corrected chi connectivity index (χ4v) is 8.50. The quantitative estimate of drug-likeness (QED) is 0.350. The third kappa shape index (κ3) is 4.02. The van der Waals surface area contributed by atoms with Crippen LogP contribution in [0.4, 0.5) is 19.6 Å². The fraction of sp³-hybridized carbons (Fsp3) is 0.452. The predicted molar refractivity (Wildman–Crippen MR) is 161 cm³/mol. The zero-order chi connectivity index (χ0) is 29.6. The van der Waals surface area contributed by atoms with Crippen LogP contribution in [0, 0.1) is 23.0 Å². The molecule has 43 heavy (non-hydrogen) atoms. The van der Waals surface area contributed by atoms with Gasteiger partial charge in [0.1, 0.15) is 34.8 Å². The number of nitrogens with two attached hydrogens (primary N) is 1. The van der Waals surface area contributed by atoms with E-state index in [-0.39, 0.29) is 64.6 Å². The molecule has 2 bridgehead atoms. The van der Waals surface area contributed by atoms with Crippen molar-refractivity contribution in [2.45, 2.75) is 50.6 Å². The van der Waals surface area contributed by atoms with Gasteiger partial charge in [0.05, 0.1) is 24.2 Å². The number of nitrogen functional groups attached to an aromatic ring is 1. The number of likely N-dealkylation sites (N-methyl/N-ethyl adjacent to an activating group) is 2. The maximum Gasteiger partial charge on any atom is 0.319 e. The number of benzene rings is 2. The molecule has 0 amide bonds. The van der Waals surface area contributed by atoms with Crippen LogP contribution in [-0.4, -0.2) is 78.2 Å². The molecule has 2 aromatic heterocycles. The molecule has 5 aliphatic heterocycles. The summed E-state index contributed by atoms with van der Waals surface area (Å²) in [5.74, 6) is -0.657. The Morgan fingerprint density at radius 1 is 1.12 bits per heavy atom. The molecule has 4 fully saturated rings. The molecule has 4 saturated heterocycles. The zero-order valence-electron chi connectivity index (χ0n) is 24.0. The van der Waals surface area contributed by atoms with Crippen LogP contribution in [0.5, 0.6) is 6.01 Å². The number of likely N-dealkylation sites (tertiary alicyclic amines) is 1. The zero-order valence-corrected chi connectivity index (χ0v) is 24.8. The maximum atomic E-state index is 17.1. The van der Waals surface area contributed by atoms with Crippen molar-refractivity contribution in [3.63, 3.8) is 0 Å². The first-order valence-electron chi connectivity index (χ1n) is 14.7. The Labute approximate surface area is 251 Å². The number of nitrogens with zero attached hydrogens (tertiary/aromatic N) is 6. The van der Waals surface area contributed by atoms with Crippen molar-refractivity contribution in [2.24, 2.45) is 0 Å².